The van der Waals surface area contributed by atoms with Crippen molar-refractivity contribution < 1.29 is 12.8 Å². The van der Waals surface area contributed by atoms with E-state index in [1.165, 1.54) is 24.4 Å². The number of aryl methyl sites for hydroxylation is 1. The van der Waals surface area contributed by atoms with Crippen LogP contribution in [0.25, 0.3) is 10.9 Å². The van der Waals surface area contributed by atoms with E-state index in [1.807, 2.05) is 11.6 Å². The zero-order valence-electron chi connectivity index (χ0n) is 11.0. The Kier molecular flexibility index (Phi) is 3.26. The number of benzene rings is 1. The van der Waals surface area contributed by atoms with Gasteiger partial charge in [-0.2, -0.15) is 0 Å². The number of hydrogen-bond donors (Lipinski definition) is 0. The van der Waals surface area contributed by atoms with Gasteiger partial charge in [-0.1, -0.05) is 0 Å². The van der Waals surface area contributed by atoms with Gasteiger partial charge in [0.15, 0.2) is 0 Å². The van der Waals surface area contributed by atoms with Gasteiger partial charge in [-0.05, 0) is 18.2 Å². The van der Waals surface area contributed by atoms with E-state index < -0.39 is 14.9 Å². The molecule has 0 fully saturated rings. The maximum Gasteiger partial charge on any atom is 0.263 e. The van der Waals surface area contributed by atoms with Gasteiger partial charge in [0, 0.05) is 41.0 Å². The molecule has 2 heterocycles. The van der Waals surface area contributed by atoms with Gasteiger partial charge in [0.25, 0.3) is 9.05 Å². The van der Waals surface area contributed by atoms with Crippen LogP contribution in [0.3, 0.4) is 0 Å². The molecule has 0 amide bonds. The molecule has 0 atom stereocenters. The highest BCUT2D eigenvalue weighted by molar-refractivity contribution is 8.14. The molecule has 21 heavy (non-hydrogen) atoms. The number of aromatic nitrogens is 3. The second-order valence-corrected chi connectivity index (χ2v) is 7.25. The van der Waals surface area contributed by atoms with Crippen LogP contribution < -0.4 is 0 Å². The summed E-state index contributed by atoms with van der Waals surface area (Å²) in [4.78, 5) is 3.92. The predicted octanol–water partition coefficient (Wildman–Crippen LogP) is 2.49. The van der Waals surface area contributed by atoms with Crippen LogP contribution in [0.5, 0.6) is 0 Å². The third-order valence-corrected chi connectivity index (χ3v) is 4.67. The van der Waals surface area contributed by atoms with E-state index >= 15 is 0 Å². The van der Waals surface area contributed by atoms with E-state index in [0.717, 1.165) is 5.69 Å². The summed E-state index contributed by atoms with van der Waals surface area (Å²) >= 11 is 0. The number of rotatable bonds is 3. The van der Waals surface area contributed by atoms with Gasteiger partial charge in [-0.25, -0.2) is 17.8 Å². The lowest BCUT2D eigenvalue weighted by molar-refractivity contribution is 0.609. The second-order valence-electron chi connectivity index (χ2n) is 4.72. The van der Waals surface area contributed by atoms with Gasteiger partial charge < -0.3 is 9.13 Å². The summed E-state index contributed by atoms with van der Waals surface area (Å²) in [5.41, 5.74) is 1.48. The summed E-state index contributed by atoms with van der Waals surface area (Å²) in [6.45, 7) is 0.408. The first-order valence-electron chi connectivity index (χ1n) is 6.04. The monoisotopic (exact) mass is 327 g/mol. The molecule has 0 unspecified atom stereocenters. The van der Waals surface area contributed by atoms with E-state index in [-0.39, 0.29) is 10.3 Å². The van der Waals surface area contributed by atoms with Gasteiger partial charge >= 0.3 is 0 Å². The SMILES string of the molecule is Cn1cncc1Cn1cc(S(=O)(=O)Cl)c2cc(F)ccc21. The van der Waals surface area contributed by atoms with Crippen molar-refractivity contribution in [3.63, 3.8) is 0 Å². The highest BCUT2D eigenvalue weighted by Gasteiger charge is 2.19. The molecule has 0 saturated carbocycles. The highest BCUT2D eigenvalue weighted by atomic mass is 35.7. The predicted molar refractivity (Wildman–Crippen MR) is 77.2 cm³/mol. The first kappa shape index (κ1) is 14.1. The molecule has 0 aliphatic rings. The van der Waals surface area contributed by atoms with Gasteiger partial charge in [0.1, 0.15) is 10.7 Å². The maximum absolute atomic E-state index is 13.4. The van der Waals surface area contributed by atoms with Crippen molar-refractivity contribution in [3.8, 4) is 0 Å². The van der Waals surface area contributed by atoms with Gasteiger partial charge in [0.05, 0.1) is 18.6 Å². The molecule has 0 aliphatic carbocycles. The highest BCUT2D eigenvalue weighted by Crippen LogP contribution is 2.29. The molecule has 0 aliphatic heterocycles. The topological polar surface area (TPSA) is 56.9 Å². The van der Waals surface area contributed by atoms with Crippen molar-refractivity contribution in [2.24, 2.45) is 7.05 Å². The fraction of sp³-hybridized carbons (Fsp3) is 0.154. The molecule has 0 saturated heterocycles. The summed E-state index contributed by atoms with van der Waals surface area (Å²) in [5.74, 6) is -0.512. The summed E-state index contributed by atoms with van der Waals surface area (Å²) in [6, 6.07) is 3.99. The molecule has 1 aromatic carbocycles. The first-order chi connectivity index (χ1) is 9.86. The molecule has 2 aromatic heterocycles. The quantitative estimate of drug-likeness (QED) is 0.694. The zero-order chi connectivity index (χ0) is 15.2. The zero-order valence-corrected chi connectivity index (χ0v) is 12.6. The lowest BCUT2D eigenvalue weighted by atomic mass is 10.2. The van der Waals surface area contributed by atoms with Gasteiger partial charge in [-0.3, -0.25) is 0 Å². The Labute approximate surface area is 125 Å². The fourth-order valence-corrected chi connectivity index (χ4v) is 3.32. The second kappa shape index (κ2) is 4.85. The van der Waals surface area contributed by atoms with E-state index in [2.05, 4.69) is 4.98 Å². The lowest BCUT2D eigenvalue weighted by Gasteiger charge is -2.05. The van der Waals surface area contributed by atoms with Crippen LogP contribution >= 0.6 is 10.7 Å². The molecular formula is C13H11ClFN3O2S. The largest absolute Gasteiger partial charge is 0.340 e. The molecule has 0 N–H and O–H groups in total. The molecule has 0 bridgehead atoms. The number of imidazole rings is 1. The Morgan fingerprint density at radius 2 is 2.14 bits per heavy atom. The minimum atomic E-state index is -3.95. The van der Waals surface area contributed by atoms with Gasteiger partial charge in [0.2, 0.25) is 0 Å². The average Bonchev–Trinajstić information content (AvgIpc) is 2.94. The Morgan fingerprint density at radius 3 is 2.76 bits per heavy atom. The molecule has 0 spiro atoms. The van der Waals surface area contributed by atoms with E-state index in [9.17, 15) is 12.8 Å². The van der Waals surface area contributed by atoms with Crippen LogP contribution in [0.1, 0.15) is 5.69 Å². The summed E-state index contributed by atoms with van der Waals surface area (Å²) in [7, 11) is 3.32. The number of fused-ring (bicyclic) bond motifs is 1. The standard InChI is InChI=1S/C13H11ClFN3O2S/c1-17-8-16-5-10(17)6-18-7-13(21(14,19)20)11-4-9(15)2-3-12(11)18/h2-5,7-8H,6H2,1H3. The van der Waals surface area contributed by atoms with Crippen LogP contribution in [0.2, 0.25) is 0 Å². The van der Waals surface area contributed by atoms with E-state index in [1.54, 1.807) is 17.1 Å². The third kappa shape index (κ3) is 2.54. The van der Waals surface area contributed by atoms with Crippen molar-refractivity contribution in [1.29, 1.82) is 0 Å². The Bertz CT molecular complexity index is 930. The number of nitrogens with zero attached hydrogens (tertiary/aromatic N) is 3. The van der Waals surface area contributed by atoms with Crippen molar-refractivity contribution >= 4 is 30.6 Å². The molecular weight excluding hydrogens is 317 g/mol. The average molecular weight is 328 g/mol. The summed E-state index contributed by atoms with van der Waals surface area (Å²) in [6.07, 6.45) is 4.75. The van der Waals surface area contributed by atoms with Crippen LogP contribution in [-0.4, -0.2) is 22.5 Å². The molecule has 110 valence electrons. The Hall–Kier alpha value is -1.86. The lowest BCUT2D eigenvalue weighted by Crippen LogP contribution is -2.03. The third-order valence-electron chi connectivity index (χ3n) is 3.32. The minimum absolute atomic E-state index is 0.0964. The van der Waals surface area contributed by atoms with E-state index in [0.29, 0.717) is 12.1 Å². The Balaban J connectivity index is 2.22. The molecule has 5 nitrogen and oxygen atoms in total. The minimum Gasteiger partial charge on any atom is -0.340 e. The van der Waals surface area contributed by atoms with Crippen molar-refractivity contribution in [2.45, 2.75) is 11.4 Å². The maximum atomic E-state index is 13.4. The van der Waals surface area contributed by atoms with Crippen LogP contribution in [0.15, 0.2) is 41.8 Å². The van der Waals surface area contributed by atoms with Crippen LogP contribution in [0, 0.1) is 5.82 Å². The molecule has 3 rings (SSSR count). The van der Waals surface area contributed by atoms with Crippen LogP contribution in [0.4, 0.5) is 4.39 Å². The van der Waals surface area contributed by atoms with Crippen LogP contribution in [-0.2, 0) is 22.6 Å². The smallest absolute Gasteiger partial charge is 0.263 e. The summed E-state index contributed by atoms with van der Waals surface area (Å²) in [5, 5.41) is 0.271. The first-order valence-corrected chi connectivity index (χ1v) is 8.35. The normalized spacial score (nSPS) is 12.1. The number of halogens is 2. The Morgan fingerprint density at radius 1 is 1.38 bits per heavy atom. The molecule has 3 aromatic rings. The number of hydrogen-bond acceptors (Lipinski definition) is 3. The molecule has 0 radical (unpaired) electrons. The van der Waals surface area contributed by atoms with E-state index in [4.69, 9.17) is 10.7 Å². The molecule has 8 heteroatoms. The fourth-order valence-electron chi connectivity index (χ4n) is 2.27. The van der Waals surface area contributed by atoms with Crippen molar-refractivity contribution in [2.75, 3.05) is 0 Å². The van der Waals surface area contributed by atoms with Gasteiger partial charge in [-0.15, -0.1) is 0 Å². The van der Waals surface area contributed by atoms with Crippen molar-refractivity contribution in [1.82, 2.24) is 14.1 Å². The van der Waals surface area contributed by atoms with Crippen molar-refractivity contribution in [3.05, 3.63) is 48.4 Å². The summed E-state index contributed by atoms with van der Waals surface area (Å²) < 4.78 is 40.2.